The van der Waals surface area contributed by atoms with Crippen molar-refractivity contribution in [3.8, 4) is 0 Å². The molecular formula is C21H26FN7. The third-order valence-electron chi connectivity index (χ3n) is 5.26. The van der Waals surface area contributed by atoms with E-state index in [2.05, 4.69) is 36.2 Å². The van der Waals surface area contributed by atoms with Crippen molar-refractivity contribution in [3.63, 3.8) is 0 Å². The van der Waals surface area contributed by atoms with Gasteiger partial charge < -0.3 is 20.1 Å². The molecule has 0 spiro atoms. The molecule has 1 atom stereocenters. The average Bonchev–Trinajstić information content (AvgIpc) is 3.31. The first kappa shape index (κ1) is 19.2. The van der Waals surface area contributed by atoms with Gasteiger partial charge in [-0.05, 0) is 37.6 Å². The predicted molar refractivity (Wildman–Crippen MR) is 114 cm³/mol. The van der Waals surface area contributed by atoms with E-state index in [4.69, 9.17) is 0 Å². The number of hydrogen-bond donors (Lipinski definition) is 2. The molecule has 7 nitrogen and oxygen atoms in total. The quantitative estimate of drug-likeness (QED) is 0.513. The van der Waals surface area contributed by atoms with E-state index in [1.54, 1.807) is 19.3 Å². The fraction of sp³-hybridized carbons (Fsp3) is 0.381. The van der Waals surface area contributed by atoms with Crippen molar-refractivity contribution in [2.75, 3.05) is 31.6 Å². The topological polar surface area (TPSA) is 70.4 Å². The first-order chi connectivity index (χ1) is 14.2. The summed E-state index contributed by atoms with van der Waals surface area (Å²) in [5.41, 5.74) is 2.15. The van der Waals surface area contributed by atoms with Gasteiger partial charge in [-0.1, -0.05) is 12.1 Å². The van der Waals surface area contributed by atoms with E-state index in [1.807, 2.05) is 30.0 Å². The van der Waals surface area contributed by atoms with Gasteiger partial charge in [-0.3, -0.25) is 4.99 Å². The molecule has 0 saturated carbocycles. The predicted octanol–water partition coefficient (Wildman–Crippen LogP) is 2.32. The molecular weight excluding hydrogens is 369 g/mol. The monoisotopic (exact) mass is 395 g/mol. The lowest BCUT2D eigenvalue weighted by Gasteiger charge is -2.20. The standard InChI is InChI=1S/C21H26FN7/c1-15-26-18-7-3-4-8-19(18)29(15)13-11-25-21(23-2)27-16-9-12-28(14-16)20-17(22)6-5-10-24-20/h3-8,10,16H,9,11-14H2,1-2H3,(H2,23,25,27). The van der Waals surface area contributed by atoms with Crippen molar-refractivity contribution in [1.82, 2.24) is 25.2 Å². The lowest BCUT2D eigenvalue weighted by atomic mass is 10.3. The van der Waals surface area contributed by atoms with Gasteiger partial charge in [-0.25, -0.2) is 14.4 Å². The summed E-state index contributed by atoms with van der Waals surface area (Å²) in [6, 6.07) is 11.4. The van der Waals surface area contributed by atoms with E-state index >= 15 is 0 Å². The van der Waals surface area contributed by atoms with Crippen LogP contribution >= 0.6 is 0 Å². The van der Waals surface area contributed by atoms with Gasteiger partial charge in [0.2, 0.25) is 0 Å². The molecule has 0 amide bonds. The van der Waals surface area contributed by atoms with Crippen LogP contribution in [0.4, 0.5) is 10.2 Å². The van der Waals surface area contributed by atoms with E-state index in [1.165, 1.54) is 6.07 Å². The molecule has 1 fully saturated rings. The summed E-state index contributed by atoms with van der Waals surface area (Å²) in [5.74, 6) is 1.89. The second-order valence-corrected chi connectivity index (χ2v) is 7.18. The zero-order chi connectivity index (χ0) is 20.2. The largest absolute Gasteiger partial charge is 0.355 e. The van der Waals surface area contributed by atoms with Crippen LogP contribution in [0.25, 0.3) is 11.0 Å². The molecule has 152 valence electrons. The molecule has 1 aromatic carbocycles. The number of halogens is 1. The number of aromatic nitrogens is 3. The summed E-state index contributed by atoms with van der Waals surface area (Å²) in [6.45, 7) is 5.01. The van der Waals surface area contributed by atoms with Gasteiger partial charge in [0, 0.05) is 45.5 Å². The Hall–Kier alpha value is -3.16. The van der Waals surface area contributed by atoms with Gasteiger partial charge in [0.1, 0.15) is 5.82 Å². The summed E-state index contributed by atoms with van der Waals surface area (Å²) >= 11 is 0. The van der Waals surface area contributed by atoms with E-state index < -0.39 is 0 Å². The lowest BCUT2D eigenvalue weighted by molar-refractivity contribution is 0.610. The van der Waals surface area contributed by atoms with Crippen LogP contribution in [0.2, 0.25) is 0 Å². The van der Waals surface area contributed by atoms with Crippen LogP contribution in [-0.4, -0.2) is 53.2 Å². The molecule has 0 aliphatic carbocycles. The van der Waals surface area contributed by atoms with Crippen molar-refractivity contribution in [2.24, 2.45) is 4.99 Å². The van der Waals surface area contributed by atoms with E-state index in [-0.39, 0.29) is 11.9 Å². The van der Waals surface area contributed by atoms with E-state index in [0.29, 0.717) is 12.4 Å². The van der Waals surface area contributed by atoms with Crippen LogP contribution in [0.15, 0.2) is 47.6 Å². The molecule has 4 rings (SSSR count). The zero-order valence-electron chi connectivity index (χ0n) is 16.8. The highest BCUT2D eigenvalue weighted by Gasteiger charge is 2.25. The highest BCUT2D eigenvalue weighted by atomic mass is 19.1. The molecule has 2 N–H and O–H groups in total. The number of hydrogen-bond acceptors (Lipinski definition) is 4. The number of rotatable bonds is 5. The minimum absolute atomic E-state index is 0.193. The summed E-state index contributed by atoms with van der Waals surface area (Å²) in [6.07, 6.45) is 2.53. The molecule has 0 bridgehead atoms. The van der Waals surface area contributed by atoms with Crippen LogP contribution in [0.3, 0.4) is 0 Å². The summed E-state index contributed by atoms with van der Waals surface area (Å²) in [5, 5.41) is 6.81. The number of benzene rings is 1. The summed E-state index contributed by atoms with van der Waals surface area (Å²) in [4.78, 5) is 15.1. The second-order valence-electron chi connectivity index (χ2n) is 7.18. The van der Waals surface area contributed by atoms with Gasteiger partial charge in [0.05, 0.1) is 11.0 Å². The maximum atomic E-state index is 14.0. The van der Waals surface area contributed by atoms with Crippen LogP contribution in [0, 0.1) is 12.7 Å². The van der Waals surface area contributed by atoms with Crippen LogP contribution in [0.5, 0.6) is 0 Å². The number of nitrogens with one attached hydrogen (secondary N) is 2. The molecule has 1 aliphatic heterocycles. The molecule has 1 saturated heterocycles. The van der Waals surface area contributed by atoms with Crippen molar-refractivity contribution in [3.05, 3.63) is 54.2 Å². The number of nitrogens with zero attached hydrogens (tertiary/aromatic N) is 5. The molecule has 0 radical (unpaired) electrons. The fourth-order valence-electron chi connectivity index (χ4n) is 3.83. The number of aliphatic imine (C=N–C) groups is 1. The number of anilines is 1. The van der Waals surface area contributed by atoms with Crippen molar-refractivity contribution in [2.45, 2.75) is 25.9 Å². The minimum Gasteiger partial charge on any atom is -0.355 e. The summed E-state index contributed by atoms with van der Waals surface area (Å²) in [7, 11) is 1.76. The Morgan fingerprint density at radius 2 is 2.14 bits per heavy atom. The SMILES string of the molecule is CN=C(NCCn1c(C)nc2ccccc21)NC1CCN(c2ncccc2F)C1. The highest BCUT2D eigenvalue weighted by Crippen LogP contribution is 2.20. The lowest BCUT2D eigenvalue weighted by Crippen LogP contribution is -2.45. The highest BCUT2D eigenvalue weighted by molar-refractivity contribution is 5.80. The Morgan fingerprint density at radius 3 is 2.97 bits per heavy atom. The van der Waals surface area contributed by atoms with E-state index in [0.717, 1.165) is 48.9 Å². The zero-order valence-corrected chi connectivity index (χ0v) is 16.8. The Kier molecular flexibility index (Phi) is 5.59. The number of aryl methyl sites for hydroxylation is 1. The Labute approximate surface area is 169 Å². The van der Waals surface area contributed by atoms with Gasteiger partial charge in [0.25, 0.3) is 0 Å². The molecule has 29 heavy (non-hydrogen) atoms. The molecule has 1 aliphatic rings. The summed E-state index contributed by atoms with van der Waals surface area (Å²) < 4.78 is 16.2. The van der Waals surface area contributed by atoms with Crippen LogP contribution in [-0.2, 0) is 6.54 Å². The van der Waals surface area contributed by atoms with Crippen LogP contribution < -0.4 is 15.5 Å². The van der Waals surface area contributed by atoms with E-state index in [9.17, 15) is 4.39 Å². The molecule has 3 aromatic rings. The fourth-order valence-corrected chi connectivity index (χ4v) is 3.83. The first-order valence-corrected chi connectivity index (χ1v) is 9.90. The number of pyridine rings is 1. The Balaban J connectivity index is 1.31. The molecule has 2 aromatic heterocycles. The van der Waals surface area contributed by atoms with Gasteiger partial charge in [0.15, 0.2) is 17.6 Å². The maximum Gasteiger partial charge on any atom is 0.191 e. The second kappa shape index (κ2) is 8.46. The normalized spacial score (nSPS) is 17.1. The molecule has 3 heterocycles. The molecule has 1 unspecified atom stereocenters. The van der Waals surface area contributed by atoms with Crippen molar-refractivity contribution in [1.29, 1.82) is 0 Å². The number of para-hydroxylation sites is 2. The third-order valence-corrected chi connectivity index (χ3v) is 5.26. The number of fused-ring (bicyclic) bond motifs is 1. The number of imidazole rings is 1. The van der Waals surface area contributed by atoms with Crippen molar-refractivity contribution >= 4 is 22.8 Å². The smallest absolute Gasteiger partial charge is 0.191 e. The minimum atomic E-state index is -0.279. The third kappa shape index (κ3) is 4.16. The molecule has 8 heteroatoms. The van der Waals surface area contributed by atoms with Crippen molar-refractivity contribution < 1.29 is 4.39 Å². The van der Waals surface area contributed by atoms with Gasteiger partial charge in [-0.15, -0.1) is 0 Å². The van der Waals surface area contributed by atoms with Crippen LogP contribution in [0.1, 0.15) is 12.2 Å². The maximum absolute atomic E-state index is 14.0. The first-order valence-electron chi connectivity index (χ1n) is 9.90. The number of guanidine groups is 1. The Bertz CT molecular complexity index is 1010. The van der Waals surface area contributed by atoms with Gasteiger partial charge in [-0.2, -0.15) is 0 Å². The Morgan fingerprint density at radius 1 is 1.28 bits per heavy atom. The van der Waals surface area contributed by atoms with Gasteiger partial charge >= 0.3 is 0 Å². The average molecular weight is 395 g/mol.